The third-order valence-corrected chi connectivity index (χ3v) is 6.89. The van der Waals surface area contributed by atoms with E-state index < -0.39 is 22.3 Å². The van der Waals surface area contributed by atoms with Gasteiger partial charge in [0.05, 0.1) is 5.25 Å². The molecule has 0 aliphatic heterocycles. The molecule has 2 aromatic heterocycles. The number of carbonyl (C=O) groups excluding carboxylic acids is 1. The summed E-state index contributed by atoms with van der Waals surface area (Å²) >= 11 is 1.17. The van der Waals surface area contributed by atoms with Crippen molar-refractivity contribution in [2.24, 2.45) is 14.1 Å². The number of anilines is 1. The van der Waals surface area contributed by atoms with Gasteiger partial charge in [0.25, 0.3) is 5.56 Å². The van der Waals surface area contributed by atoms with Crippen LogP contribution in [0.25, 0.3) is 17.1 Å². The molecule has 35 heavy (non-hydrogen) atoms. The Hall–Kier alpha value is -3.92. The number of rotatable bonds is 6. The van der Waals surface area contributed by atoms with Gasteiger partial charge in [-0.15, -0.1) is 10.2 Å². The monoisotopic (exact) mass is 490 g/mol. The highest BCUT2D eigenvalue weighted by Gasteiger charge is 2.28. The molecule has 10 heteroatoms. The Morgan fingerprint density at radius 1 is 0.914 bits per heavy atom. The number of Topliss-reactive ketones (excluding diaryl/α,β-unsaturated/α-hetero) is 1. The summed E-state index contributed by atoms with van der Waals surface area (Å²) in [6.45, 7) is 5.69. The largest absolute Gasteiger partial charge is 0.384 e. The van der Waals surface area contributed by atoms with Gasteiger partial charge in [-0.3, -0.25) is 23.3 Å². The van der Waals surface area contributed by atoms with Gasteiger partial charge in [-0.2, -0.15) is 0 Å². The minimum Gasteiger partial charge on any atom is -0.384 e. The molecule has 9 nitrogen and oxygen atoms in total. The Morgan fingerprint density at radius 2 is 1.49 bits per heavy atom. The third kappa shape index (κ3) is 4.44. The quantitative estimate of drug-likeness (QED) is 0.326. The molecule has 180 valence electrons. The Labute approximate surface area is 206 Å². The lowest BCUT2D eigenvalue weighted by Crippen LogP contribution is -2.42. The molecule has 0 amide bonds. The predicted octanol–water partition coefficient (Wildman–Crippen LogP) is 2.89. The number of hydrogen-bond acceptors (Lipinski definition) is 7. The number of nitrogens with zero attached hydrogens (tertiary/aromatic N) is 5. The number of nitrogens with two attached hydrogens (primary N) is 1. The van der Waals surface area contributed by atoms with Gasteiger partial charge in [0, 0.05) is 25.3 Å². The third-order valence-electron chi connectivity index (χ3n) is 5.84. The molecule has 0 fully saturated rings. The van der Waals surface area contributed by atoms with Gasteiger partial charge in [-0.1, -0.05) is 59.3 Å². The molecule has 0 radical (unpaired) electrons. The van der Waals surface area contributed by atoms with Gasteiger partial charge in [0.1, 0.15) is 11.4 Å². The summed E-state index contributed by atoms with van der Waals surface area (Å²) in [6, 6.07) is 15.9. The van der Waals surface area contributed by atoms with E-state index in [0.29, 0.717) is 11.0 Å². The number of aromatic nitrogens is 5. The van der Waals surface area contributed by atoms with Crippen molar-refractivity contribution in [3.8, 4) is 17.1 Å². The summed E-state index contributed by atoms with van der Waals surface area (Å²) in [6.07, 6.45) is 0. The molecule has 2 heterocycles. The summed E-state index contributed by atoms with van der Waals surface area (Å²) in [5, 5.41) is 8.57. The van der Waals surface area contributed by atoms with Crippen molar-refractivity contribution in [2.45, 2.75) is 31.2 Å². The molecule has 4 rings (SSSR count). The molecule has 2 aromatic carbocycles. The number of carbonyl (C=O) groups is 1. The van der Waals surface area contributed by atoms with Crippen molar-refractivity contribution in [1.82, 2.24) is 23.9 Å². The van der Waals surface area contributed by atoms with E-state index in [1.807, 2.05) is 66.9 Å². The maximum absolute atomic E-state index is 13.3. The van der Waals surface area contributed by atoms with E-state index in [9.17, 15) is 14.4 Å². The Morgan fingerprint density at radius 3 is 2.09 bits per heavy atom. The molecule has 0 bridgehead atoms. The molecule has 0 spiro atoms. The minimum absolute atomic E-state index is 0.157. The van der Waals surface area contributed by atoms with Crippen molar-refractivity contribution in [3.05, 3.63) is 86.1 Å². The van der Waals surface area contributed by atoms with E-state index in [1.54, 1.807) is 6.92 Å². The normalized spacial score (nSPS) is 12.0. The summed E-state index contributed by atoms with van der Waals surface area (Å²) in [7, 11) is 2.74. The molecule has 0 saturated carbocycles. The van der Waals surface area contributed by atoms with Crippen molar-refractivity contribution >= 4 is 23.4 Å². The van der Waals surface area contributed by atoms with Gasteiger partial charge in [0.15, 0.2) is 16.8 Å². The van der Waals surface area contributed by atoms with Crippen LogP contribution in [0.5, 0.6) is 0 Å². The summed E-state index contributed by atoms with van der Waals surface area (Å²) in [5.41, 5.74) is 8.43. The van der Waals surface area contributed by atoms with Crippen LogP contribution in [0.1, 0.15) is 28.4 Å². The zero-order valence-corrected chi connectivity index (χ0v) is 21.0. The van der Waals surface area contributed by atoms with Crippen LogP contribution < -0.4 is 17.0 Å². The number of thioether (sulfide) groups is 1. The SMILES string of the molecule is Cc1ccc(-c2nnc(SC(C)C(=O)c3c(N)n(C)c(=O)n(C)c3=O)n2-c2ccc(C)cc2)cc1. The van der Waals surface area contributed by atoms with E-state index in [0.717, 1.165) is 31.5 Å². The Bertz CT molecular complexity index is 1530. The first-order valence-electron chi connectivity index (χ1n) is 11.0. The van der Waals surface area contributed by atoms with Gasteiger partial charge in [-0.05, 0) is 32.9 Å². The van der Waals surface area contributed by atoms with Gasteiger partial charge < -0.3 is 5.73 Å². The number of benzene rings is 2. The molecular formula is C25H26N6O3S. The highest BCUT2D eigenvalue weighted by Crippen LogP contribution is 2.31. The van der Waals surface area contributed by atoms with E-state index in [4.69, 9.17) is 5.73 Å². The van der Waals surface area contributed by atoms with E-state index in [1.165, 1.54) is 25.9 Å². The van der Waals surface area contributed by atoms with Crippen LogP contribution >= 0.6 is 11.8 Å². The smallest absolute Gasteiger partial charge is 0.332 e. The van der Waals surface area contributed by atoms with Crippen molar-refractivity contribution in [3.63, 3.8) is 0 Å². The van der Waals surface area contributed by atoms with Gasteiger partial charge in [0.2, 0.25) is 0 Å². The lowest BCUT2D eigenvalue weighted by atomic mass is 10.1. The fourth-order valence-electron chi connectivity index (χ4n) is 3.67. The molecule has 1 atom stereocenters. The standard InChI is InChI=1S/C25H26N6O3S/c1-14-6-10-17(11-7-14)22-27-28-24(31(22)18-12-8-15(2)9-13-18)35-16(3)20(32)19-21(26)29(4)25(34)30(5)23(19)33/h6-13,16H,26H2,1-5H3. The van der Waals surface area contributed by atoms with Crippen LogP contribution in [0.15, 0.2) is 63.3 Å². The lowest BCUT2D eigenvalue weighted by Gasteiger charge is -2.15. The highest BCUT2D eigenvalue weighted by molar-refractivity contribution is 8.00. The lowest BCUT2D eigenvalue weighted by molar-refractivity contribution is 0.0992. The molecule has 0 aliphatic rings. The Balaban J connectivity index is 1.78. The number of hydrogen-bond donors (Lipinski definition) is 1. The average Bonchev–Trinajstić information content (AvgIpc) is 3.25. The van der Waals surface area contributed by atoms with Crippen LogP contribution in [0.2, 0.25) is 0 Å². The zero-order valence-electron chi connectivity index (χ0n) is 20.1. The van der Waals surface area contributed by atoms with Crippen molar-refractivity contribution < 1.29 is 4.79 Å². The fraction of sp³-hybridized carbons (Fsp3) is 0.240. The molecular weight excluding hydrogens is 464 g/mol. The average molecular weight is 491 g/mol. The fourth-order valence-corrected chi connectivity index (χ4v) is 4.60. The van der Waals surface area contributed by atoms with Crippen LogP contribution in [0.3, 0.4) is 0 Å². The molecule has 0 saturated heterocycles. The molecule has 2 N–H and O–H groups in total. The second kappa shape index (κ2) is 9.38. The topological polar surface area (TPSA) is 118 Å². The first-order chi connectivity index (χ1) is 16.6. The highest BCUT2D eigenvalue weighted by atomic mass is 32.2. The summed E-state index contributed by atoms with van der Waals surface area (Å²) < 4.78 is 3.86. The Kier molecular flexibility index (Phi) is 6.49. The maximum Gasteiger partial charge on any atom is 0.332 e. The number of ketones is 1. The van der Waals surface area contributed by atoms with Crippen LogP contribution in [-0.4, -0.2) is 34.9 Å². The minimum atomic E-state index is -0.721. The van der Waals surface area contributed by atoms with Gasteiger partial charge in [-0.25, -0.2) is 4.79 Å². The summed E-state index contributed by atoms with van der Waals surface area (Å²) in [4.78, 5) is 38.2. The van der Waals surface area contributed by atoms with Crippen LogP contribution in [-0.2, 0) is 14.1 Å². The molecule has 4 aromatic rings. The van der Waals surface area contributed by atoms with Crippen LogP contribution in [0.4, 0.5) is 5.82 Å². The number of nitrogen functional groups attached to an aromatic ring is 1. The van der Waals surface area contributed by atoms with E-state index >= 15 is 0 Å². The molecule has 0 aliphatic carbocycles. The first kappa shape index (κ1) is 24.2. The first-order valence-corrected chi connectivity index (χ1v) is 11.8. The predicted molar refractivity (Wildman–Crippen MR) is 137 cm³/mol. The second-order valence-electron chi connectivity index (χ2n) is 8.43. The summed E-state index contributed by atoms with van der Waals surface area (Å²) in [5.74, 6) is -0.0107. The molecule has 1 unspecified atom stereocenters. The second-order valence-corrected chi connectivity index (χ2v) is 9.74. The van der Waals surface area contributed by atoms with E-state index in [2.05, 4.69) is 10.2 Å². The van der Waals surface area contributed by atoms with Crippen molar-refractivity contribution in [1.29, 1.82) is 0 Å². The number of aryl methyl sites for hydroxylation is 2. The van der Waals surface area contributed by atoms with Crippen molar-refractivity contribution in [2.75, 3.05) is 5.73 Å². The maximum atomic E-state index is 13.3. The zero-order chi connectivity index (χ0) is 25.4. The van der Waals surface area contributed by atoms with E-state index in [-0.39, 0.29) is 11.4 Å². The van der Waals surface area contributed by atoms with Crippen LogP contribution in [0, 0.1) is 13.8 Å². The van der Waals surface area contributed by atoms with Gasteiger partial charge >= 0.3 is 5.69 Å².